The molecule has 0 bridgehead atoms. The van der Waals surface area contributed by atoms with Gasteiger partial charge < -0.3 is 10.2 Å². The van der Waals surface area contributed by atoms with Gasteiger partial charge in [0, 0.05) is 5.56 Å². The molecule has 1 aromatic carbocycles. The van der Waals surface area contributed by atoms with Crippen LogP contribution in [0.3, 0.4) is 0 Å². The molecule has 0 saturated heterocycles. The second kappa shape index (κ2) is 5.32. The van der Waals surface area contributed by atoms with Crippen molar-refractivity contribution < 1.29 is 10.2 Å². The highest BCUT2D eigenvalue weighted by atomic mass is 16.3. The van der Waals surface area contributed by atoms with Crippen LogP contribution in [0.4, 0.5) is 0 Å². The van der Waals surface area contributed by atoms with E-state index in [-0.39, 0.29) is 11.5 Å². The average molecular weight is 192 g/mol. The maximum Gasteiger partial charge on any atom is 0.122 e. The predicted molar refractivity (Wildman–Crippen MR) is 57.5 cm³/mol. The first kappa shape index (κ1) is 10.6. The predicted octanol–water partition coefficient (Wildman–Crippen LogP) is 3.00. The van der Waals surface area contributed by atoms with Crippen molar-refractivity contribution in [1.82, 2.24) is 0 Å². The van der Waals surface area contributed by atoms with Gasteiger partial charge in [-0.2, -0.15) is 0 Å². The maximum absolute atomic E-state index is 9.47. The first-order valence-corrected chi connectivity index (χ1v) is 4.86. The lowest BCUT2D eigenvalue weighted by molar-refractivity contribution is 0.437. The second-order valence-corrected chi connectivity index (χ2v) is 3.24. The summed E-state index contributed by atoms with van der Waals surface area (Å²) in [4.78, 5) is 0. The largest absolute Gasteiger partial charge is 0.508 e. The Labute approximate surface area is 84.5 Å². The van der Waals surface area contributed by atoms with Gasteiger partial charge in [0.1, 0.15) is 11.5 Å². The quantitative estimate of drug-likeness (QED) is 0.568. The second-order valence-electron chi connectivity index (χ2n) is 3.24. The van der Waals surface area contributed by atoms with Crippen molar-refractivity contribution in [1.29, 1.82) is 0 Å². The van der Waals surface area contributed by atoms with E-state index in [1.807, 2.05) is 13.0 Å². The van der Waals surface area contributed by atoms with Crippen LogP contribution < -0.4 is 0 Å². The van der Waals surface area contributed by atoms with Crippen molar-refractivity contribution in [3.63, 3.8) is 0 Å². The first-order chi connectivity index (χ1) is 6.75. The zero-order valence-electron chi connectivity index (χ0n) is 8.40. The van der Waals surface area contributed by atoms with Gasteiger partial charge in [-0.15, -0.1) is 0 Å². The molecule has 0 heterocycles. The highest BCUT2D eigenvalue weighted by Crippen LogP contribution is 2.27. The lowest BCUT2D eigenvalue weighted by Gasteiger charge is -2.05. The van der Waals surface area contributed by atoms with E-state index in [1.54, 1.807) is 18.2 Å². The molecule has 76 valence electrons. The molecule has 0 radical (unpaired) electrons. The summed E-state index contributed by atoms with van der Waals surface area (Å²) >= 11 is 0. The fourth-order valence-corrected chi connectivity index (χ4v) is 1.38. The van der Waals surface area contributed by atoms with Crippen molar-refractivity contribution >= 4 is 0 Å². The van der Waals surface area contributed by atoms with Crippen LogP contribution in [0.15, 0.2) is 30.4 Å². The molecule has 0 aliphatic heterocycles. The molecule has 2 nitrogen and oxygen atoms in total. The van der Waals surface area contributed by atoms with Gasteiger partial charge in [-0.25, -0.2) is 0 Å². The molecular weight excluding hydrogens is 176 g/mol. The maximum atomic E-state index is 9.47. The van der Waals surface area contributed by atoms with Gasteiger partial charge in [-0.1, -0.05) is 18.2 Å². The lowest BCUT2D eigenvalue weighted by atomic mass is 10.1. The zero-order chi connectivity index (χ0) is 10.4. The number of allylic oxidation sites excluding steroid dienone is 2. The Hall–Kier alpha value is -1.44. The van der Waals surface area contributed by atoms with Crippen molar-refractivity contribution in [3.05, 3.63) is 35.9 Å². The zero-order valence-corrected chi connectivity index (χ0v) is 8.40. The molecule has 0 unspecified atom stereocenters. The molecule has 0 aromatic heterocycles. The van der Waals surface area contributed by atoms with Gasteiger partial charge in [0.15, 0.2) is 0 Å². The van der Waals surface area contributed by atoms with Crippen LogP contribution in [-0.4, -0.2) is 10.2 Å². The van der Waals surface area contributed by atoms with E-state index in [2.05, 4.69) is 6.08 Å². The van der Waals surface area contributed by atoms with Crippen molar-refractivity contribution in [2.45, 2.75) is 26.2 Å². The van der Waals surface area contributed by atoms with Crippen LogP contribution in [-0.2, 0) is 6.42 Å². The molecule has 1 aromatic rings. The number of hydrogen-bond acceptors (Lipinski definition) is 2. The van der Waals surface area contributed by atoms with E-state index in [4.69, 9.17) is 0 Å². The third kappa shape index (κ3) is 2.80. The molecule has 2 N–H and O–H groups in total. The molecule has 0 aliphatic rings. The van der Waals surface area contributed by atoms with Crippen molar-refractivity contribution in [2.24, 2.45) is 0 Å². The highest BCUT2D eigenvalue weighted by Gasteiger charge is 2.04. The summed E-state index contributed by atoms with van der Waals surface area (Å²) in [5.41, 5.74) is 0.650. The number of phenols is 2. The minimum Gasteiger partial charge on any atom is -0.508 e. The van der Waals surface area contributed by atoms with E-state index < -0.39 is 0 Å². The summed E-state index contributed by atoms with van der Waals surface area (Å²) in [6, 6.07) is 4.84. The fourth-order valence-electron chi connectivity index (χ4n) is 1.38. The number of benzene rings is 1. The number of phenolic OH excluding ortho intramolecular Hbond substituents is 2. The van der Waals surface area contributed by atoms with Crippen molar-refractivity contribution in [3.8, 4) is 11.5 Å². The smallest absolute Gasteiger partial charge is 0.122 e. The van der Waals surface area contributed by atoms with Gasteiger partial charge >= 0.3 is 0 Å². The normalized spacial score (nSPS) is 10.9. The topological polar surface area (TPSA) is 40.5 Å². The minimum atomic E-state index is 0.186. The Balaban J connectivity index is 2.57. The Kier molecular flexibility index (Phi) is 4.05. The standard InChI is InChI=1S/C12H16O2/c1-2-3-4-5-7-10-11(13)8-6-9-12(10)14/h2-3,6,8-9,13-14H,4-5,7H2,1H3. The summed E-state index contributed by atoms with van der Waals surface area (Å²) in [7, 11) is 0. The van der Waals surface area contributed by atoms with Crippen LogP contribution in [0.1, 0.15) is 25.3 Å². The molecule has 0 amide bonds. The van der Waals surface area contributed by atoms with Crippen LogP contribution in [0, 0.1) is 0 Å². The van der Waals surface area contributed by atoms with Crippen LogP contribution in [0.25, 0.3) is 0 Å². The van der Waals surface area contributed by atoms with Gasteiger partial charge in [0.05, 0.1) is 0 Å². The summed E-state index contributed by atoms with van der Waals surface area (Å²) in [5, 5.41) is 18.9. The summed E-state index contributed by atoms with van der Waals surface area (Å²) in [6.45, 7) is 1.98. The molecule has 0 aliphatic carbocycles. The van der Waals surface area contributed by atoms with E-state index in [0.717, 1.165) is 12.8 Å². The molecule has 0 fully saturated rings. The molecule has 2 heteroatoms. The highest BCUT2D eigenvalue weighted by molar-refractivity contribution is 5.42. The van der Waals surface area contributed by atoms with E-state index in [9.17, 15) is 10.2 Å². The number of unbranched alkanes of at least 4 members (excludes halogenated alkanes) is 1. The van der Waals surface area contributed by atoms with E-state index in [0.29, 0.717) is 12.0 Å². The minimum absolute atomic E-state index is 0.186. The average Bonchev–Trinajstić information content (AvgIpc) is 2.16. The number of rotatable bonds is 4. The number of aromatic hydroxyl groups is 2. The van der Waals surface area contributed by atoms with Gasteiger partial charge in [0.25, 0.3) is 0 Å². The Morgan fingerprint density at radius 3 is 2.43 bits per heavy atom. The number of hydrogen-bond donors (Lipinski definition) is 2. The van der Waals surface area contributed by atoms with Crippen LogP contribution >= 0.6 is 0 Å². The first-order valence-electron chi connectivity index (χ1n) is 4.86. The molecule has 1 rings (SSSR count). The van der Waals surface area contributed by atoms with E-state index >= 15 is 0 Å². The molecule has 0 saturated carbocycles. The van der Waals surface area contributed by atoms with Gasteiger partial charge in [0.2, 0.25) is 0 Å². The third-order valence-corrected chi connectivity index (χ3v) is 2.16. The Morgan fingerprint density at radius 2 is 1.86 bits per heavy atom. The molecule has 0 atom stereocenters. The van der Waals surface area contributed by atoms with Crippen LogP contribution in [0.2, 0.25) is 0 Å². The van der Waals surface area contributed by atoms with Gasteiger partial charge in [-0.05, 0) is 38.3 Å². The van der Waals surface area contributed by atoms with Crippen LogP contribution in [0.5, 0.6) is 11.5 Å². The molecule has 14 heavy (non-hydrogen) atoms. The SMILES string of the molecule is CC=CCCCc1c(O)cccc1O. The molecule has 0 spiro atoms. The summed E-state index contributed by atoms with van der Waals surface area (Å²) < 4.78 is 0. The monoisotopic (exact) mass is 192 g/mol. The van der Waals surface area contributed by atoms with Crippen molar-refractivity contribution in [2.75, 3.05) is 0 Å². The Morgan fingerprint density at radius 1 is 1.21 bits per heavy atom. The fraction of sp³-hybridized carbons (Fsp3) is 0.333. The molecular formula is C12H16O2. The lowest BCUT2D eigenvalue weighted by Crippen LogP contribution is -1.86. The summed E-state index contributed by atoms with van der Waals surface area (Å²) in [5.74, 6) is 0.371. The third-order valence-electron chi connectivity index (χ3n) is 2.16. The van der Waals surface area contributed by atoms with Gasteiger partial charge in [-0.3, -0.25) is 0 Å². The van der Waals surface area contributed by atoms with E-state index in [1.165, 1.54) is 0 Å². The Bertz CT molecular complexity index is 296. The summed E-state index contributed by atoms with van der Waals surface area (Å²) in [6.07, 6.45) is 6.71.